The van der Waals surface area contributed by atoms with E-state index < -0.39 is 0 Å². The lowest BCUT2D eigenvalue weighted by atomic mass is 9.98. The number of fused-ring (bicyclic) bond motifs is 3. The molecule has 0 atom stereocenters. The maximum Gasteiger partial charge on any atom is -0.00990 e. The van der Waals surface area contributed by atoms with E-state index in [1.165, 1.54) is 21.5 Å². The Hall–Kier alpha value is -2.86. The van der Waals surface area contributed by atoms with Crippen LogP contribution in [0.4, 0.5) is 0 Å². The van der Waals surface area contributed by atoms with Gasteiger partial charge in [-0.3, -0.25) is 0 Å². The molecule has 0 amide bonds. The van der Waals surface area contributed by atoms with Gasteiger partial charge in [0.05, 0.1) is 0 Å². The summed E-state index contributed by atoms with van der Waals surface area (Å²) in [7, 11) is 0. The van der Waals surface area contributed by atoms with Crippen LogP contribution in [0.25, 0.3) is 46.9 Å². The van der Waals surface area contributed by atoms with Crippen molar-refractivity contribution in [3.05, 3.63) is 81.6 Å². The predicted octanol–water partition coefficient (Wildman–Crippen LogP) is 3.53. The van der Waals surface area contributed by atoms with Gasteiger partial charge in [-0.1, -0.05) is 61.7 Å². The van der Waals surface area contributed by atoms with Crippen LogP contribution >= 0.6 is 0 Å². The van der Waals surface area contributed by atoms with E-state index in [0.29, 0.717) is 0 Å². The molecular formula is C24H22. The zero-order chi connectivity index (χ0) is 17.4. The van der Waals surface area contributed by atoms with Crippen LogP contribution in [0.5, 0.6) is 0 Å². The average molecular weight is 310 g/mol. The Morgan fingerprint density at radius 3 is 1.42 bits per heavy atom. The van der Waals surface area contributed by atoms with E-state index in [9.17, 15) is 0 Å². The number of rotatable bonds is 2. The molecule has 0 aliphatic rings. The second-order valence-electron chi connectivity index (χ2n) is 6.59. The average Bonchev–Trinajstić information content (AvgIpc) is 2.48. The van der Waals surface area contributed by atoms with Crippen molar-refractivity contribution in [1.82, 2.24) is 0 Å². The first-order chi connectivity index (χ1) is 11.3. The summed E-state index contributed by atoms with van der Waals surface area (Å²) in [6.45, 7) is 20.3. The predicted molar refractivity (Wildman–Crippen MR) is 110 cm³/mol. The summed E-state index contributed by atoms with van der Waals surface area (Å²) in [6.07, 6.45) is 4.15. The Morgan fingerprint density at radius 2 is 1.08 bits per heavy atom. The third-order valence-corrected chi connectivity index (χ3v) is 4.16. The van der Waals surface area contributed by atoms with Gasteiger partial charge in [0.15, 0.2) is 0 Å². The van der Waals surface area contributed by atoms with E-state index in [2.05, 4.69) is 74.9 Å². The highest BCUT2D eigenvalue weighted by Gasteiger charge is 2.02. The fourth-order valence-corrected chi connectivity index (χ4v) is 3.08. The van der Waals surface area contributed by atoms with Crippen molar-refractivity contribution >= 4 is 46.9 Å². The fourth-order valence-electron chi connectivity index (χ4n) is 3.08. The van der Waals surface area contributed by atoms with Crippen LogP contribution < -0.4 is 20.9 Å². The van der Waals surface area contributed by atoms with Gasteiger partial charge < -0.3 is 0 Å². The Balaban J connectivity index is 2.44. The molecule has 118 valence electrons. The van der Waals surface area contributed by atoms with Crippen molar-refractivity contribution in [3.8, 4) is 0 Å². The maximum absolute atomic E-state index is 4.20. The van der Waals surface area contributed by atoms with Gasteiger partial charge in [0.1, 0.15) is 0 Å². The standard InChI is InChI=1S/C24H22/c1-15(2)9-21-13-19-7-8-20-14-22(10-16(3)4)18(6)12-24(20)23(19)11-17(21)5/h7-14H,1,3,5-6H2,2,4H3/b21-9-,22-10-. The Bertz CT molecular complexity index is 1120. The quantitative estimate of drug-likeness (QED) is 0.635. The van der Waals surface area contributed by atoms with Gasteiger partial charge in [-0.15, -0.1) is 0 Å². The summed E-state index contributed by atoms with van der Waals surface area (Å²) in [5, 5.41) is 9.11. The third kappa shape index (κ3) is 2.96. The molecule has 0 spiro atoms. The molecule has 0 bridgehead atoms. The van der Waals surface area contributed by atoms with Gasteiger partial charge in [-0.2, -0.15) is 0 Å². The highest BCUT2D eigenvalue weighted by atomic mass is 14.1. The van der Waals surface area contributed by atoms with Crippen LogP contribution in [-0.4, -0.2) is 0 Å². The fraction of sp³-hybridized carbons (Fsp3) is 0.0833. The normalized spacial score (nSPS) is 12.9. The van der Waals surface area contributed by atoms with Gasteiger partial charge in [-0.05, 0) is 80.5 Å². The summed E-state index contributed by atoms with van der Waals surface area (Å²) in [5.74, 6) is 0. The molecule has 0 N–H and O–H groups in total. The third-order valence-electron chi connectivity index (χ3n) is 4.16. The zero-order valence-corrected chi connectivity index (χ0v) is 14.4. The Labute approximate surface area is 142 Å². The number of hydrogen-bond donors (Lipinski definition) is 0. The minimum absolute atomic E-state index is 1.01. The van der Waals surface area contributed by atoms with Crippen LogP contribution in [-0.2, 0) is 0 Å². The lowest BCUT2D eigenvalue weighted by Gasteiger charge is -2.06. The first kappa shape index (κ1) is 16.0. The van der Waals surface area contributed by atoms with E-state index in [1.807, 2.05) is 13.8 Å². The van der Waals surface area contributed by atoms with Crippen LogP contribution in [0, 0.1) is 0 Å². The van der Waals surface area contributed by atoms with Crippen molar-refractivity contribution < 1.29 is 0 Å². The molecule has 0 saturated heterocycles. The van der Waals surface area contributed by atoms with E-state index in [1.54, 1.807) is 0 Å². The zero-order valence-electron chi connectivity index (χ0n) is 14.4. The Kier molecular flexibility index (Phi) is 3.99. The van der Waals surface area contributed by atoms with Gasteiger partial charge in [0.25, 0.3) is 0 Å². The van der Waals surface area contributed by atoms with Gasteiger partial charge in [0.2, 0.25) is 0 Å². The maximum atomic E-state index is 4.20. The molecule has 0 fully saturated rings. The van der Waals surface area contributed by atoms with Crippen LogP contribution in [0.1, 0.15) is 13.8 Å². The van der Waals surface area contributed by atoms with Gasteiger partial charge in [-0.25, -0.2) is 0 Å². The second-order valence-corrected chi connectivity index (χ2v) is 6.59. The van der Waals surface area contributed by atoms with E-state index in [-0.39, 0.29) is 0 Å². The summed E-state index contributed by atoms with van der Waals surface area (Å²) in [5.41, 5.74) is 2.06. The minimum atomic E-state index is 1.01. The first-order valence-corrected chi connectivity index (χ1v) is 8.04. The van der Waals surface area contributed by atoms with E-state index >= 15 is 0 Å². The second kappa shape index (κ2) is 5.98. The van der Waals surface area contributed by atoms with Crippen LogP contribution in [0.15, 0.2) is 60.7 Å². The largest absolute Gasteiger partial charge is 0.0961 e. The molecule has 3 aromatic carbocycles. The number of hydrogen-bond acceptors (Lipinski definition) is 0. The molecular weight excluding hydrogens is 288 g/mol. The highest BCUT2D eigenvalue weighted by molar-refractivity contribution is 6.07. The monoisotopic (exact) mass is 310 g/mol. The SMILES string of the molecule is C=C(C)/C=c1/cc2ccc3c/c(=C/C(=C)C)c(=C)cc3c2cc1=C. The van der Waals surface area contributed by atoms with Crippen molar-refractivity contribution in [3.63, 3.8) is 0 Å². The molecule has 0 aliphatic carbocycles. The van der Waals surface area contributed by atoms with E-state index in [4.69, 9.17) is 0 Å². The first-order valence-electron chi connectivity index (χ1n) is 8.04. The van der Waals surface area contributed by atoms with Crippen molar-refractivity contribution in [2.75, 3.05) is 0 Å². The van der Waals surface area contributed by atoms with E-state index in [0.717, 1.165) is 32.0 Å². The lowest BCUT2D eigenvalue weighted by Crippen LogP contribution is -2.24. The molecule has 0 heterocycles. The molecule has 3 rings (SSSR count). The minimum Gasteiger partial charge on any atom is -0.0961 e. The molecule has 0 aromatic heterocycles. The van der Waals surface area contributed by atoms with Crippen molar-refractivity contribution in [2.24, 2.45) is 0 Å². The molecule has 0 radical (unpaired) electrons. The van der Waals surface area contributed by atoms with Gasteiger partial charge >= 0.3 is 0 Å². The molecule has 0 unspecified atom stereocenters. The summed E-state index contributed by atoms with van der Waals surface area (Å²) in [6, 6.07) is 13.0. The number of benzene rings is 3. The molecule has 0 aliphatic heterocycles. The van der Waals surface area contributed by atoms with Crippen molar-refractivity contribution in [1.29, 1.82) is 0 Å². The topological polar surface area (TPSA) is 0 Å². The van der Waals surface area contributed by atoms with Crippen LogP contribution in [0.3, 0.4) is 0 Å². The molecule has 0 nitrogen and oxygen atoms in total. The molecule has 3 aromatic rings. The van der Waals surface area contributed by atoms with Gasteiger partial charge in [0, 0.05) is 0 Å². The summed E-state index contributed by atoms with van der Waals surface area (Å²) in [4.78, 5) is 0. The molecule has 0 heteroatoms. The van der Waals surface area contributed by atoms with Crippen LogP contribution in [0.2, 0.25) is 0 Å². The lowest BCUT2D eigenvalue weighted by molar-refractivity contribution is 1.53. The number of allylic oxidation sites excluding steroid dienone is 2. The molecule has 0 saturated carbocycles. The molecule has 24 heavy (non-hydrogen) atoms. The summed E-state index contributed by atoms with van der Waals surface area (Å²) < 4.78 is 0. The summed E-state index contributed by atoms with van der Waals surface area (Å²) >= 11 is 0. The highest BCUT2D eigenvalue weighted by Crippen LogP contribution is 2.21. The Morgan fingerprint density at radius 1 is 0.708 bits per heavy atom. The van der Waals surface area contributed by atoms with Crippen molar-refractivity contribution in [2.45, 2.75) is 13.8 Å². The smallest absolute Gasteiger partial charge is 0.00990 e.